The molecule has 16 heavy (non-hydrogen) atoms. The molecule has 86 valence electrons. The molecule has 1 atom stereocenters. The Morgan fingerprint density at radius 2 is 2.06 bits per heavy atom. The van der Waals surface area contributed by atoms with Crippen molar-refractivity contribution in [2.45, 2.75) is 31.7 Å². The highest BCUT2D eigenvalue weighted by molar-refractivity contribution is 5.30. The van der Waals surface area contributed by atoms with Gasteiger partial charge in [0.1, 0.15) is 5.82 Å². The van der Waals surface area contributed by atoms with E-state index in [1.165, 1.54) is 24.5 Å². The van der Waals surface area contributed by atoms with Gasteiger partial charge in [0, 0.05) is 5.56 Å². The summed E-state index contributed by atoms with van der Waals surface area (Å²) in [6.45, 7) is 0. The van der Waals surface area contributed by atoms with E-state index in [0.717, 1.165) is 18.4 Å². The van der Waals surface area contributed by atoms with E-state index >= 15 is 0 Å². The SMILES string of the molecule is CNC(C1=CCCCC1)c1ccccc1F. The number of allylic oxidation sites excluding steroid dienone is 1. The van der Waals surface area contributed by atoms with Crippen LogP contribution in [0.4, 0.5) is 4.39 Å². The zero-order valence-electron chi connectivity index (χ0n) is 9.67. The quantitative estimate of drug-likeness (QED) is 0.766. The first kappa shape index (κ1) is 11.3. The Morgan fingerprint density at radius 1 is 1.25 bits per heavy atom. The Bertz CT molecular complexity index is 384. The number of hydrogen-bond donors (Lipinski definition) is 1. The summed E-state index contributed by atoms with van der Waals surface area (Å²) in [6.07, 6.45) is 6.95. The third-order valence-corrected chi connectivity index (χ3v) is 3.20. The Morgan fingerprint density at radius 3 is 2.69 bits per heavy atom. The molecule has 2 rings (SSSR count). The van der Waals surface area contributed by atoms with Crippen LogP contribution in [0.2, 0.25) is 0 Å². The van der Waals surface area contributed by atoms with E-state index in [2.05, 4.69) is 11.4 Å². The minimum absolute atomic E-state index is 0.0431. The average molecular weight is 219 g/mol. The summed E-state index contributed by atoms with van der Waals surface area (Å²) in [6, 6.07) is 7.07. The molecule has 1 aliphatic carbocycles. The second-order valence-corrected chi connectivity index (χ2v) is 4.27. The molecule has 1 aliphatic rings. The van der Waals surface area contributed by atoms with Crippen molar-refractivity contribution < 1.29 is 4.39 Å². The van der Waals surface area contributed by atoms with Gasteiger partial charge in [0.15, 0.2) is 0 Å². The van der Waals surface area contributed by atoms with Gasteiger partial charge in [-0.1, -0.05) is 29.8 Å². The van der Waals surface area contributed by atoms with Crippen molar-refractivity contribution in [1.82, 2.24) is 5.32 Å². The highest BCUT2D eigenvalue weighted by atomic mass is 19.1. The largest absolute Gasteiger partial charge is 0.310 e. The molecular formula is C14H18FN. The third kappa shape index (κ3) is 2.33. The van der Waals surface area contributed by atoms with Crippen molar-refractivity contribution in [3.63, 3.8) is 0 Å². The van der Waals surface area contributed by atoms with Crippen LogP contribution in [0.25, 0.3) is 0 Å². The first-order valence-electron chi connectivity index (χ1n) is 5.93. The predicted molar refractivity (Wildman–Crippen MR) is 64.8 cm³/mol. The molecule has 0 aromatic heterocycles. The molecule has 1 aromatic rings. The molecule has 0 heterocycles. The smallest absolute Gasteiger partial charge is 0.128 e. The van der Waals surface area contributed by atoms with Crippen LogP contribution in [0.1, 0.15) is 37.3 Å². The maximum Gasteiger partial charge on any atom is 0.128 e. The number of benzene rings is 1. The molecule has 0 radical (unpaired) electrons. The van der Waals surface area contributed by atoms with E-state index in [1.54, 1.807) is 6.07 Å². The van der Waals surface area contributed by atoms with Crippen molar-refractivity contribution in [1.29, 1.82) is 0 Å². The number of halogens is 1. The lowest BCUT2D eigenvalue weighted by Crippen LogP contribution is -2.20. The van der Waals surface area contributed by atoms with Crippen LogP contribution >= 0.6 is 0 Å². The van der Waals surface area contributed by atoms with Crippen molar-refractivity contribution in [2.24, 2.45) is 0 Å². The molecule has 0 fully saturated rings. The molecule has 2 heteroatoms. The van der Waals surface area contributed by atoms with Gasteiger partial charge in [-0.15, -0.1) is 0 Å². The fourth-order valence-corrected chi connectivity index (χ4v) is 2.38. The van der Waals surface area contributed by atoms with Gasteiger partial charge in [0.05, 0.1) is 6.04 Å². The summed E-state index contributed by atoms with van der Waals surface area (Å²) in [5.41, 5.74) is 2.09. The van der Waals surface area contributed by atoms with Gasteiger partial charge in [0.2, 0.25) is 0 Å². The number of hydrogen-bond acceptors (Lipinski definition) is 1. The lowest BCUT2D eigenvalue weighted by molar-refractivity contribution is 0.547. The lowest BCUT2D eigenvalue weighted by atomic mass is 9.90. The van der Waals surface area contributed by atoms with Crippen LogP contribution in [-0.2, 0) is 0 Å². The van der Waals surface area contributed by atoms with Crippen LogP contribution < -0.4 is 5.32 Å². The van der Waals surface area contributed by atoms with Gasteiger partial charge in [0.25, 0.3) is 0 Å². The van der Waals surface area contributed by atoms with Crippen LogP contribution in [0.3, 0.4) is 0 Å². The first-order chi connectivity index (χ1) is 7.83. The normalized spacial score (nSPS) is 18.0. The Balaban J connectivity index is 2.28. The van der Waals surface area contributed by atoms with Gasteiger partial charge in [-0.25, -0.2) is 4.39 Å². The summed E-state index contributed by atoms with van der Waals surface area (Å²) in [7, 11) is 1.90. The Kier molecular flexibility index (Phi) is 3.73. The molecule has 0 aliphatic heterocycles. The third-order valence-electron chi connectivity index (χ3n) is 3.20. The van der Waals surface area contributed by atoms with E-state index < -0.39 is 0 Å². The summed E-state index contributed by atoms with van der Waals surface area (Å²) in [4.78, 5) is 0. The molecule has 0 saturated carbocycles. The van der Waals surface area contributed by atoms with E-state index in [0.29, 0.717) is 0 Å². The van der Waals surface area contributed by atoms with Crippen LogP contribution in [0.15, 0.2) is 35.9 Å². The number of rotatable bonds is 3. The van der Waals surface area contributed by atoms with Gasteiger partial charge in [-0.05, 0) is 38.8 Å². The summed E-state index contributed by atoms with van der Waals surface area (Å²) >= 11 is 0. The highest BCUT2D eigenvalue weighted by Gasteiger charge is 2.18. The average Bonchev–Trinajstić information content (AvgIpc) is 2.34. The molecule has 1 aromatic carbocycles. The van der Waals surface area contributed by atoms with Gasteiger partial charge < -0.3 is 5.32 Å². The molecule has 1 nitrogen and oxygen atoms in total. The lowest BCUT2D eigenvalue weighted by Gasteiger charge is -2.23. The maximum atomic E-state index is 13.7. The van der Waals surface area contributed by atoms with E-state index in [1.807, 2.05) is 19.2 Å². The predicted octanol–water partition coefficient (Wildman–Crippen LogP) is 3.59. The summed E-state index contributed by atoms with van der Waals surface area (Å²) < 4.78 is 13.7. The van der Waals surface area contributed by atoms with Gasteiger partial charge >= 0.3 is 0 Å². The van der Waals surface area contributed by atoms with Crippen molar-refractivity contribution in [3.8, 4) is 0 Å². The number of nitrogens with one attached hydrogen (secondary N) is 1. The van der Waals surface area contributed by atoms with E-state index in [4.69, 9.17) is 0 Å². The zero-order valence-corrected chi connectivity index (χ0v) is 9.67. The van der Waals surface area contributed by atoms with Crippen LogP contribution in [-0.4, -0.2) is 7.05 Å². The molecule has 0 bridgehead atoms. The minimum Gasteiger partial charge on any atom is -0.310 e. The Labute approximate surface area is 96.4 Å². The second-order valence-electron chi connectivity index (χ2n) is 4.27. The molecule has 0 amide bonds. The standard InChI is InChI=1S/C14H18FN/c1-16-14(11-7-3-2-4-8-11)12-9-5-6-10-13(12)15/h5-7,9-10,14,16H,2-4,8H2,1H3. The van der Waals surface area contributed by atoms with Crippen LogP contribution in [0.5, 0.6) is 0 Å². The topological polar surface area (TPSA) is 12.0 Å². The van der Waals surface area contributed by atoms with E-state index in [9.17, 15) is 4.39 Å². The zero-order chi connectivity index (χ0) is 11.4. The Hall–Kier alpha value is -1.15. The van der Waals surface area contributed by atoms with Gasteiger partial charge in [-0.2, -0.15) is 0 Å². The van der Waals surface area contributed by atoms with E-state index in [-0.39, 0.29) is 11.9 Å². The fourth-order valence-electron chi connectivity index (χ4n) is 2.38. The molecule has 0 spiro atoms. The second kappa shape index (κ2) is 5.26. The molecule has 1 N–H and O–H groups in total. The highest BCUT2D eigenvalue weighted by Crippen LogP contribution is 2.30. The first-order valence-corrected chi connectivity index (χ1v) is 5.93. The monoisotopic (exact) mass is 219 g/mol. The molecule has 1 unspecified atom stereocenters. The summed E-state index contributed by atoms with van der Waals surface area (Å²) in [5.74, 6) is -0.117. The van der Waals surface area contributed by atoms with Gasteiger partial charge in [-0.3, -0.25) is 0 Å². The minimum atomic E-state index is -0.117. The molecule has 0 saturated heterocycles. The van der Waals surface area contributed by atoms with Crippen molar-refractivity contribution in [2.75, 3.05) is 7.05 Å². The van der Waals surface area contributed by atoms with Crippen molar-refractivity contribution in [3.05, 3.63) is 47.3 Å². The van der Waals surface area contributed by atoms with Crippen molar-refractivity contribution >= 4 is 0 Å². The number of likely N-dealkylation sites (N-methyl/N-ethyl adjacent to an activating group) is 1. The summed E-state index contributed by atoms with van der Waals surface area (Å²) in [5, 5.41) is 3.22. The fraction of sp³-hybridized carbons (Fsp3) is 0.429. The maximum absolute atomic E-state index is 13.7. The van der Waals surface area contributed by atoms with Crippen LogP contribution in [0, 0.1) is 5.82 Å². The molecular weight excluding hydrogens is 201 g/mol.